The molecule has 4 aromatic carbocycles. The van der Waals surface area contributed by atoms with Crippen molar-refractivity contribution in [3.8, 4) is 5.75 Å². The molecule has 1 spiro atoms. The summed E-state index contributed by atoms with van der Waals surface area (Å²) in [6, 6.07) is 31.6. The summed E-state index contributed by atoms with van der Waals surface area (Å²) in [5.74, 6) is -0.116. The van der Waals surface area contributed by atoms with Crippen molar-refractivity contribution >= 4 is 29.1 Å². The van der Waals surface area contributed by atoms with Crippen molar-refractivity contribution in [3.63, 3.8) is 0 Å². The van der Waals surface area contributed by atoms with Crippen molar-refractivity contribution in [2.45, 2.75) is 89.1 Å². The number of carbonyl (C=O) groups is 3. The Hall–Kier alpha value is -4.99. The molecular formula is C46H51N3O6. The summed E-state index contributed by atoms with van der Waals surface area (Å²) < 4.78 is 12.8. The Balaban J connectivity index is 1.24. The van der Waals surface area contributed by atoms with E-state index in [1.54, 1.807) is 12.0 Å². The molecule has 0 aromatic heterocycles. The predicted octanol–water partition coefficient (Wildman–Crippen LogP) is 6.92. The number of rotatable bonds is 9. The number of aliphatic hydroxyl groups is 1. The molecular weight excluding hydrogens is 691 g/mol. The van der Waals surface area contributed by atoms with Crippen LogP contribution in [0.15, 0.2) is 97.1 Å². The maximum absolute atomic E-state index is 15.4. The normalized spacial score (nSPS) is 25.0. The molecule has 1 N–H and O–H groups in total. The Morgan fingerprint density at radius 1 is 0.945 bits per heavy atom. The molecule has 4 heterocycles. The van der Waals surface area contributed by atoms with E-state index in [1.165, 1.54) is 0 Å². The Bertz CT molecular complexity index is 2080. The van der Waals surface area contributed by atoms with Gasteiger partial charge in [-0.3, -0.25) is 14.4 Å². The summed E-state index contributed by atoms with van der Waals surface area (Å²) in [4.78, 5) is 48.7. The monoisotopic (exact) mass is 741 g/mol. The molecule has 5 atom stereocenters. The van der Waals surface area contributed by atoms with Gasteiger partial charge in [-0.1, -0.05) is 87.5 Å². The average molecular weight is 742 g/mol. The molecule has 4 aromatic rings. The van der Waals surface area contributed by atoms with Crippen molar-refractivity contribution < 1.29 is 29.0 Å². The van der Waals surface area contributed by atoms with Gasteiger partial charge in [-0.05, 0) is 77.3 Å². The average Bonchev–Trinajstić information content (AvgIpc) is 3.63. The number of ether oxygens (including phenoxy) is 2. The SMILES string of the molecule is COc1ccc(C(C)(C)[C@H]2[C@H](CC(=O)N3Cc4ccccc4C[C@H]3CO)O[C@@]3(C(=O)N(Cc4ccccc4)c4ccc(N5CCCCC5=O)cc43)[C@@H]2C)cc1. The molecule has 0 bridgehead atoms. The number of hydrogen-bond donors (Lipinski definition) is 1. The third kappa shape index (κ3) is 6.31. The van der Waals surface area contributed by atoms with Crippen LogP contribution in [0.3, 0.4) is 0 Å². The van der Waals surface area contributed by atoms with Gasteiger partial charge < -0.3 is 29.3 Å². The minimum atomic E-state index is -1.41. The van der Waals surface area contributed by atoms with Crippen LogP contribution in [0.4, 0.5) is 11.4 Å². The second kappa shape index (κ2) is 14.6. The van der Waals surface area contributed by atoms with Gasteiger partial charge in [0.2, 0.25) is 11.8 Å². The van der Waals surface area contributed by atoms with Gasteiger partial charge in [-0.15, -0.1) is 0 Å². The van der Waals surface area contributed by atoms with Gasteiger partial charge in [0.05, 0.1) is 44.5 Å². The molecule has 9 heteroatoms. The molecule has 3 amide bonds. The number of nitrogens with zero attached hydrogens (tertiary/aromatic N) is 3. The van der Waals surface area contributed by atoms with Crippen LogP contribution in [0.2, 0.25) is 0 Å². The molecule has 0 aliphatic carbocycles. The number of hydrogen-bond acceptors (Lipinski definition) is 6. The Morgan fingerprint density at radius 3 is 2.38 bits per heavy atom. The van der Waals surface area contributed by atoms with Crippen LogP contribution in [0.25, 0.3) is 0 Å². The van der Waals surface area contributed by atoms with Crippen molar-refractivity contribution in [1.82, 2.24) is 4.90 Å². The van der Waals surface area contributed by atoms with E-state index in [0.717, 1.165) is 57.8 Å². The third-order valence-electron chi connectivity index (χ3n) is 12.9. The molecule has 4 aliphatic heterocycles. The van der Waals surface area contributed by atoms with E-state index in [1.807, 2.05) is 88.7 Å². The van der Waals surface area contributed by atoms with Gasteiger partial charge in [-0.2, -0.15) is 0 Å². The quantitative estimate of drug-likeness (QED) is 0.200. The number of aliphatic hydroxyl groups excluding tert-OH is 1. The molecule has 55 heavy (non-hydrogen) atoms. The smallest absolute Gasteiger partial charge is 0.264 e. The number of methoxy groups -OCH3 is 1. The van der Waals surface area contributed by atoms with E-state index in [-0.39, 0.29) is 48.6 Å². The first-order valence-corrected chi connectivity index (χ1v) is 19.7. The highest BCUT2D eigenvalue weighted by Gasteiger charge is 2.66. The number of anilines is 2. The maximum Gasteiger partial charge on any atom is 0.264 e. The van der Waals surface area contributed by atoms with Crippen LogP contribution in [0.5, 0.6) is 5.75 Å². The van der Waals surface area contributed by atoms with Crippen LogP contribution < -0.4 is 14.5 Å². The van der Waals surface area contributed by atoms with Gasteiger partial charge in [0.15, 0.2) is 5.60 Å². The predicted molar refractivity (Wildman–Crippen MR) is 212 cm³/mol. The lowest BCUT2D eigenvalue weighted by Crippen LogP contribution is -2.48. The van der Waals surface area contributed by atoms with Gasteiger partial charge in [-0.25, -0.2) is 0 Å². The molecule has 0 radical (unpaired) electrons. The molecule has 4 aliphatic rings. The zero-order valence-electron chi connectivity index (χ0n) is 32.2. The van der Waals surface area contributed by atoms with Gasteiger partial charge in [0, 0.05) is 42.6 Å². The summed E-state index contributed by atoms with van der Waals surface area (Å²) in [7, 11) is 1.65. The number of benzene rings is 4. The van der Waals surface area contributed by atoms with E-state index in [0.29, 0.717) is 32.5 Å². The zero-order valence-corrected chi connectivity index (χ0v) is 32.2. The van der Waals surface area contributed by atoms with Gasteiger partial charge in [0.1, 0.15) is 5.75 Å². The summed E-state index contributed by atoms with van der Waals surface area (Å²) in [6.07, 6.45) is 2.24. The first-order chi connectivity index (χ1) is 26.6. The van der Waals surface area contributed by atoms with E-state index in [4.69, 9.17) is 9.47 Å². The van der Waals surface area contributed by atoms with Crippen LogP contribution in [0, 0.1) is 11.8 Å². The summed E-state index contributed by atoms with van der Waals surface area (Å²) in [5, 5.41) is 10.5. The second-order valence-corrected chi connectivity index (χ2v) is 16.3. The number of piperidine rings is 1. The van der Waals surface area contributed by atoms with Crippen molar-refractivity contribution in [2.24, 2.45) is 11.8 Å². The fourth-order valence-electron chi connectivity index (χ4n) is 10.0. The maximum atomic E-state index is 15.4. The molecule has 0 unspecified atom stereocenters. The molecule has 2 saturated heterocycles. The lowest BCUT2D eigenvalue weighted by Gasteiger charge is -2.40. The van der Waals surface area contributed by atoms with Crippen molar-refractivity contribution in [1.29, 1.82) is 0 Å². The topological polar surface area (TPSA) is 99.6 Å². The Labute approximate surface area is 323 Å². The van der Waals surface area contributed by atoms with Crippen LogP contribution >= 0.6 is 0 Å². The van der Waals surface area contributed by atoms with Crippen LogP contribution in [0.1, 0.15) is 74.3 Å². The fourth-order valence-corrected chi connectivity index (χ4v) is 10.0. The second-order valence-electron chi connectivity index (χ2n) is 16.3. The lowest BCUT2D eigenvalue weighted by atomic mass is 9.63. The number of fused-ring (bicyclic) bond motifs is 3. The molecule has 0 saturated carbocycles. The van der Waals surface area contributed by atoms with Gasteiger partial charge in [0.25, 0.3) is 5.91 Å². The minimum absolute atomic E-state index is 0.0423. The molecule has 8 rings (SSSR count). The van der Waals surface area contributed by atoms with E-state index in [9.17, 15) is 14.7 Å². The first kappa shape index (κ1) is 37.0. The Kier molecular flexibility index (Phi) is 9.80. The highest BCUT2D eigenvalue weighted by molar-refractivity contribution is 6.08. The van der Waals surface area contributed by atoms with Crippen LogP contribution in [-0.4, -0.2) is 60.1 Å². The largest absolute Gasteiger partial charge is 0.497 e. The van der Waals surface area contributed by atoms with E-state index < -0.39 is 17.1 Å². The number of amides is 3. The third-order valence-corrected chi connectivity index (χ3v) is 12.9. The highest BCUT2D eigenvalue weighted by atomic mass is 16.5. The van der Waals surface area contributed by atoms with Crippen molar-refractivity contribution in [2.75, 3.05) is 30.1 Å². The fraction of sp³-hybridized carbons (Fsp3) is 0.413. The Morgan fingerprint density at radius 2 is 1.67 bits per heavy atom. The minimum Gasteiger partial charge on any atom is -0.497 e. The zero-order chi connectivity index (χ0) is 38.5. The molecule has 2 fully saturated rings. The lowest BCUT2D eigenvalue weighted by molar-refractivity contribution is -0.151. The van der Waals surface area contributed by atoms with E-state index >= 15 is 4.79 Å². The van der Waals surface area contributed by atoms with Crippen LogP contribution in [-0.2, 0) is 49.6 Å². The molecule has 286 valence electrons. The van der Waals surface area contributed by atoms with Crippen molar-refractivity contribution in [3.05, 3.63) is 125 Å². The van der Waals surface area contributed by atoms with E-state index in [2.05, 4.69) is 39.0 Å². The summed E-state index contributed by atoms with van der Waals surface area (Å²) in [5.41, 5.74) is 4.54. The standard InChI is InChI=1S/C46H51N3O6/c1-30-43(45(2,3)34-17-20-37(54-4)21-18-34)40(26-42(52)48-28-33-15-9-8-14-32(33)24-36(48)29-50)55-46(30)38-25-35(47-23-11-10-16-41(47)51)19-22-39(38)49(44(46)53)27-31-12-6-5-7-13-31/h5-9,12-15,17-22,25,30,36,40,43,50H,10-11,16,23-24,26-29H2,1-4H3/t30-,36+,40+,43-,46+/m1/s1. The molecule has 9 nitrogen and oxygen atoms in total. The van der Waals surface area contributed by atoms with Gasteiger partial charge >= 0.3 is 0 Å². The highest BCUT2D eigenvalue weighted by Crippen LogP contribution is 2.60. The summed E-state index contributed by atoms with van der Waals surface area (Å²) >= 11 is 0. The number of carbonyl (C=O) groups excluding carboxylic acids is 3. The first-order valence-electron chi connectivity index (χ1n) is 19.7. The summed E-state index contributed by atoms with van der Waals surface area (Å²) in [6.45, 7) is 7.68.